The molecule has 2 fully saturated rings. The molecule has 0 spiro atoms. The molecule has 5 heteroatoms. The second kappa shape index (κ2) is 4.86. The van der Waals surface area contributed by atoms with Gasteiger partial charge in [0.25, 0.3) is 0 Å². The molecule has 3 heterocycles. The molecule has 4 rings (SSSR count). The summed E-state index contributed by atoms with van der Waals surface area (Å²) >= 11 is 11.7. The van der Waals surface area contributed by atoms with Crippen molar-refractivity contribution in [2.75, 3.05) is 13.1 Å². The summed E-state index contributed by atoms with van der Waals surface area (Å²) in [7, 11) is 0. The zero-order valence-corrected chi connectivity index (χ0v) is 12.9. The van der Waals surface area contributed by atoms with Crippen LogP contribution in [0, 0.1) is 4.77 Å². The molecule has 2 unspecified atom stereocenters. The highest BCUT2D eigenvalue weighted by atomic mass is 35.5. The molecule has 2 aliphatic rings. The lowest BCUT2D eigenvalue weighted by molar-refractivity contribution is 0.156. The van der Waals surface area contributed by atoms with E-state index in [1.807, 2.05) is 18.2 Å². The minimum Gasteiger partial charge on any atom is -0.331 e. The SMILES string of the molecule is S=c1[nH]c2ccc(Cl)cc2n1C1CCN2CCCC2C1. The Balaban J connectivity index is 1.76. The summed E-state index contributed by atoms with van der Waals surface area (Å²) in [5.74, 6) is 0. The van der Waals surface area contributed by atoms with E-state index in [1.54, 1.807) is 0 Å². The lowest BCUT2D eigenvalue weighted by Gasteiger charge is -2.35. The number of aromatic nitrogens is 2. The van der Waals surface area contributed by atoms with Crippen LogP contribution in [0.25, 0.3) is 11.0 Å². The largest absolute Gasteiger partial charge is 0.331 e. The topological polar surface area (TPSA) is 24.0 Å². The van der Waals surface area contributed by atoms with Crippen molar-refractivity contribution in [2.45, 2.75) is 37.8 Å². The van der Waals surface area contributed by atoms with Gasteiger partial charge in [0.1, 0.15) is 0 Å². The Morgan fingerprint density at radius 3 is 3.00 bits per heavy atom. The van der Waals surface area contributed by atoms with Crippen molar-refractivity contribution in [1.29, 1.82) is 0 Å². The number of hydrogen-bond acceptors (Lipinski definition) is 2. The van der Waals surface area contributed by atoms with Gasteiger partial charge in [-0.15, -0.1) is 0 Å². The van der Waals surface area contributed by atoms with Crippen LogP contribution < -0.4 is 0 Å². The lowest BCUT2D eigenvalue weighted by Crippen LogP contribution is -2.38. The van der Waals surface area contributed by atoms with E-state index in [9.17, 15) is 0 Å². The van der Waals surface area contributed by atoms with Crippen molar-refractivity contribution in [3.8, 4) is 0 Å². The Bertz CT molecular complexity index is 705. The van der Waals surface area contributed by atoms with Crippen molar-refractivity contribution < 1.29 is 0 Å². The monoisotopic (exact) mass is 307 g/mol. The highest BCUT2D eigenvalue weighted by Crippen LogP contribution is 2.35. The summed E-state index contributed by atoms with van der Waals surface area (Å²) in [4.78, 5) is 5.96. The van der Waals surface area contributed by atoms with Crippen molar-refractivity contribution >= 4 is 34.9 Å². The number of aromatic amines is 1. The Hall–Kier alpha value is -0.840. The van der Waals surface area contributed by atoms with E-state index in [0.29, 0.717) is 6.04 Å². The molecule has 2 saturated heterocycles. The molecule has 2 aromatic rings. The number of nitrogens with zero attached hydrogens (tertiary/aromatic N) is 2. The predicted octanol–water partition coefficient (Wildman–Crippen LogP) is 4.15. The van der Waals surface area contributed by atoms with Gasteiger partial charge in [-0.2, -0.15) is 0 Å². The molecular weight excluding hydrogens is 290 g/mol. The van der Waals surface area contributed by atoms with Gasteiger partial charge < -0.3 is 14.5 Å². The second-order valence-electron chi connectivity index (χ2n) is 5.97. The van der Waals surface area contributed by atoms with Crippen LogP contribution in [0.2, 0.25) is 5.02 Å². The maximum Gasteiger partial charge on any atom is 0.178 e. The van der Waals surface area contributed by atoms with Gasteiger partial charge in [-0.05, 0) is 62.6 Å². The van der Waals surface area contributed by atoms with Crippen LogP contribution in [0.4, 0.5) is 0 Å². The van der Waals surface area contributed by atoms with E-state index in [0.717, 1.165) is 26.9 Å². The average Bonchev–Trinajstić information content (AvgIpc) is 3.00. The first-order valence-electron chi connectivity index (χ1n) is 7.36. The fourth-order valence-corrected chi connectivity index (χ4v) is 4.42. The summed E-state index contributed by atoms with van der Waals surface area (Å²) in [5, 5.41) is 0.776. The molecule has 0 aliphatic carbocycles. The van der Waals surface area contributed by atoms with E-state index >= 15 is 0 Å². The summed E-state index contributed by atoms with van der Waals surface area (Å²) in [6, 6.07) is 7.23. The molecule has 2 atom stereocenters. The fraction of sp³-hybridized carbons (Fsp3) is 0.533. The van der Waals surface area contributed by atoms with E-state index in [1.165, 1.54) is 38.8 Å². The molecule has 106 valence electrons. The number of nitrogens with one attached hydrogen (secondary N) is 1. The van der Waals surface area contributed by atoms with Crippen molar-refractivity contribution in [3.63, 3.8) is 0 Å². The number of hydrogen-bond donors (Lipinski definition) is 1. The van der Waals surface area contributed by atoms with Crippen LogP contribution in [0.3, 0.4) is 0 Å². The minimum absolute atomic E-state index is 0.508. The summed E-state index contributed by atoms with van der Waals surface area (Å²) in [6.45, 7) is 2.48. The first kappa shape index (κ1) is 12.9. The van der Waals surface area contributed by atoms with E-state index in [-0.39, 0.29) is 0 Å². The van der Waals surface area contributed by atoms with Crippen molar-refractivity contribution in [1.82, 2.24) is 14.5 Å². The average molecular weight is 308 g/mol. The van der Waals surface area contributed by atoms with E-state index in [4.69, 9.17) is 23.8 Å². The maximum absolute atomic E-state index is 6.16. The molecule has 3 nitrogen and oxygen atoms in total. The number of H-pyrrole nitrogens is 1. The third-order valence-electron chi connectivity index (χ3n) is 4.84. The van der Waals surface area contributed by atoms with Gasteiger partial charge in [0.15, 0.2) is 4.77 Å². The standard InChI is InChI=1S/C15H18ClN3S/c16-10-3-4-13-14(8-10)19(15(20)17-13)12-5-7-18-6-1-2-11(18)9-12/h3-4,8,11-12H,1-2,5-7,9H2,(H,17,20). The van der Waals surface area contributed by atoms with Crippen LogP contribution >= 0.6 is 23.8 Å². The number of benzene rings is 1. The number of rotatable bonds is 1. The maximum atomic E-state index is 6.16. The summed E-state index contributed by atoms with van der Waals surface area (Å²) in [6.07, 6.45) is 5.09. The third-order valence-corrected chi connectivity index (χ3v) is 5.37. The highest BCUT2D eigenvalue weighted by molar-refractivity contribution is 7.71. The zero-order chi connectivity index (χ0) is 13.7. The first-order chi connectivity index (χ1) is 9.72. The molecule has 1 N–H and O–H groups in total. The van der Waals surface area contributed by atoms with Crippen LogP contribution in [0.15, 0.2) is 18.2 Å². The summed E-state index contributed by atoms with van der Waals surface area (Å²) < 4.78 is 3.13. The molecule has 2 aliphatic heterocycles. The molecular formula is C15H18ClN3S. The zero-order valence-electron chi connectivity index (χ0n) is 11.3. The molecule has 0 radical (unpaired) electrons. The number of halogens is 1. The van der Waals surface area contributed by atoms with Gasteiger partial charge in [0.2, 0.25) is 0 Å². The third kappa shape index (κ3) is 2.01. The van der Waals surface area contributed by atoms with Crippen LogP contribution in [0.1, 0.15) is 31.7 Å². The first-order valence-corrected chi connectivity index (χ1v) is 8.15. The van der Waals surface area contributed by atoms with E-state index < -0.39 is 0 Å². The minimum atomic E-state index is 0.508. The Morgan fingerprint density at radius 1 is 1.20 bits per heavy atom. The van der Waals surface area contributed by atoms with Crippen LogP contribution in [-0.4, -0.2) is 33.6 Å². The second-order valence-corrected chi connectivity index (χ2v) is 6.79. The van der Waals surface area contributed by atoms with Gasteiger partial charge in [-0.3, -0.25) is 0 Å². The van der Waals surface area contributed by atoms with Crippen molar-refractivity contribution in [3.05, 3.63) is 28.0 Å². The highest BCUT2D eigenvalue weighted by Gasteiger charge is 2.33. The summed E-state index contributed by atoms with van der Waals surface area (Å²) in [5.41, 5.74) is 2.24. The molecule has 20 heavy (non-hydrogen) atoms. The van der Waals surface area contributed by atoms with Gasteiger partial charge in [-0.25, -0.2) is 0 Å². The van der Waals surface area contributed by atoms with Crippen LogP contribution in [0.5, 0.6) is 0 Å². The molecule has 1 aromatic heterocycles. The Kier molecular flexibility index (Phi) is 3.13. The quantitative estimate of drug-likeness (QED) is 0.800. The smallest absolute Gasteiger partial charge is 0.178 e. The normalized spacial score (nSPS) is 27.1. The van der Waals surface area contributed by atoms with E-state index in [2.05, 4.69) is 14.5 Å². The molecule has 0 amide bonds. The molecule has 0 saturated carbocycles. The number of fused-ring (bicyclic) bond motifs is 2. The van der Waals surface area contributed by atoms with Gasteiger partial charge in [0.05, 0.1) is 11.0 Å². The lowest BCUT2D eigenvalue weighted by atomic mass is 9.97. The van der Waals surface area contributed by atoms with Crippen LogP contribution in [-0.2, 0) is 0 Å². The molecule has 1 aromatic carbocycles. The van der Waals surface area contributed by atoms with Gasteiger partial charge in [0, 0.05) is 23.7 Å². The van der Waals surface area contributed by atoms with Gasteiger partial charge >= 0.3 is 0 Å². The van der Waals surface area contributed by atoms with Crippen molar-refractivity contribution in [2.24, 2.45) is 0 Å². The number of piperidine rings is 1. The van der Waals surface area contributed by atoms with Gasteiger partial charge in [-0.1, -0.05) is 11.6 Å². The Morgan fingerprint density at radius 2 is 2.10 bits per heavy atom. The molecule has 0 bridgehead atoms. The predicted molar refractivity (Wildman–Crippen MR) is 85.0 cm³/mol. The Labute approximate surface area is 128 Å². The fourth-order valence-electron chi connectivity index (χ4n) is 3.89. The number of imidazole rings is 1.